The van der Waals surface area contributed by atoms with Crippen LogP contribution in [0.3, 0.4) is 0 Å². The van der Waals surface area contributed by atoms with Crippen molar-refractivity contribution >= 4 is 29.1 Å². The van der Waals surface area contributed by atoms with E-state index >= 15 is 0 Å². The third kappa shape index (κ3) is 3.43. The number of carbonyl (C=O) groups is 2. The predicted molar refractivity (Wildman–Crippen MR) is 92.4 cm³/mol. The van der Waals surface area contributed by atoms with Crippen LogP contribution in [0.5, 0.6) is 0 Å². The van der Waals surface area contributed by atoms with Gasteiger partial charge in [-0.1, -0.05) is 11.6 Å². The average Bonchev–Trinajstić information content (AvgIpc) is 3.09. The molecule has 3 rings (SSSR count). The minimum Gasteiger partial charge on any atom is -0.317 e. The number of piperidine rings is 1. The van der Waals surface area contributed by atoms with Gasteiger partial charge in [0.2, 0.25) is 0 Å². The normalized spacial score (nSPS) is 17.6. The summed E-state index contributed by atoms with van der Waals surface area (Å²) in [6.07, 6.45) is 6.56. The second-order valence-corrected chi connectivity index (χ2v) is 6.32. The molecular formula is C17H19ClN4O2. The van der Waals surface area contributed by atoms with Crippen molar-refractivity contribution in [3.05, 3.63) is 46.7 Å². The van der Waals surface area contributed by atoms with Crippen LogP contribution in [0.15, 0.2) is 30.6 Å². The van der Waals surface area contributed by atoms with E-state index in [-0.39, 0.29) is 17.9 Å². The van der Waals surface area contributed by atoms with E-state index in [9.17, 15) is 9.59 Å². The van der Waals surface area contributed by atoms with Crippen LogP contribution in [0.25, 0.3) is 0 Å². The number of benzene rings is 1. The number of likely N-dealkylation sites (tertiary alicyclic amines) is 1. The van der Waals surface area contributed by atoms with Crippen molar-refractivity contribution in [2.45, 2.75) is 32.2 Å². The first-order chi connectivity index (χ1) is 11.6. The number of aromatic amines is 1. The van der Waals surface area contributed by atoms with Crippen LogP contribution in [0.1, 0.15) is 48.1 Å². The van der Waals surface area contributed by atoms with E-state index in [4.69, 9.17) is 11.6 Å². The first kappa shape index (κ1) is 16.5. The lowest BCUT2D eigenvalue weighted by Gasteiger charge is -2.35. The molecule has 7 heteroatoms. The van der Waals surface area contributed by atoms with Crippen LogP contribution in [0, 0.1) is 0 Å². The Hall–Kier alpha value is -2.34. The average molecular weight is 347 g/mol. The maximum Gasteiger partial charge on any atom is 0.322 e. The Morgan fingerprint density at radius 1 is 1.38 bits per heavy atom. The maximum absolute atomic E-state index is 12.7. The molecule has 0 aliphatic carbocycles. The molecule has 1 fully saturated rings. The summed E-state index contributed by atoms with van der Waals surface area (Å²) in [4.78, 5) is 25.9. The number of anilines is 1. The van der Waals surface area contributed by atoms with Crippen molar-refractivity contribution in [2.75, 3.05) is 11.9 Å². The number of H-pyrrole nitrogens is 1. The summed E-state index contributed by atoms with van der Waals surface area (Å²) in [6.45, 7) is 2.16. The quantitative estimate of drug-likeness (QED) is 0.824. The molecule has 1 aliphatic heterocycles. The smallest absolute Gasteiger partial charge is 0.317 e. The first-order valence-electron chi connectivity index (χ1n) is 7.93. The van der Waals surface area contributed by atoms with Gasteiger partial charge in [-0.25, -0.2) is 4.79 Å². The fraction of sp³-hybridized carbons (Fsp3) is 0.353. The first-order valence-corrected chi connectivity index (χ1v) is 8.31. The van der Waals surface area contributed by atoms with E-state index in [1.165, 1.54) is 6.92 Å². The number of nitrogens with zero attached hydrogens (tertiary/aromatic N) is 2. The van der Waals surface area contributed by atoms with Crippen molar-refractivity contribution in [3.63, 3.8) is 0 Å². The molecule has 1 atom stereocenters. The Labute approximate surface area is 145 Å². The molecule has 2 aromatic rings. The molecule has 1 aliphatic rings. The zero-order chi connectivity index (χ0) is 17.1. The molecule has 1 saturated heterocycles. The van der Waals surface area contributed by atoms with E-state index in [2.05, 4.69) is 15.5 Å². The Kier molecular flexibility index (Phi) is 4.85. The molecule has 0 bridgehead atoms. The van der Waals surface area contributed by atoms with E-state index in [0.29, 0.717) is 22.8 Å². The van der Waals surface area contributed by atoms with Crippen molar-refractivity contribution < 1.29 is 9.59 Å². The lowest BCUT2D eigenvalue weighted by Crippen LogP contribution is -2.41. The van der Waals surface area contributed by atoms with Crippen LogP contribution in [0.4, 0.5) is 10.5 Å². The van der Waals surface area contributed by atoms with Crippen molar-refractivity contribution in [1.29, 1.82) is 0 Å². The third-order valence-electron chi connectivity index (χ3n) is 4.27. The van der Waals surface area contributed by atoms with Crippen molar-refractivity contribution in [3.8, 4) is 0 Å². The second-order valence-electron chi connectivity index (χ2n) is 5.92. The van der Waals surface area contributed by atoms with Gasteiger partial charge in [-0.15, -0.1) is 0 Å². The van der Waals surface area contributed by atoms with Gasteiger partial charge in [0.05, 0.1) is 17.3 Å². The van der Waals surface area contributed by atoms with Gasteiger partial charge >= 0.3 is 6.03 Å². The van der Waals surface area contributed by atoms with Crippen molar-refractivity contribution in [2.24, 2.45) is 0 Å². The number of amides is 2. The van der Waals surface area contributed by atoms with Gasteiger partial charge < -0.3 is 10.2 Å². The SMILES string of the molecule is CC(=O)c1ccc(NC(=O)N2CCCCC2c2cn[nH]c2)cc1Cl. The van der Waals surface area contributed by atoms with Crippen LogP contribution in [-0.4, -0.2) is 33.5 Å². The van der Waals surface area contributed by atoms with Crippen LogP contribution >= 0.6 is 11.6 Å². The Balaban J connectivity index is 1.76. The molecule has 2 heterocycles. The highest BCUT2D eigenvalue weighted by atomic mass is 35.5. The highest BCUT2D eigenvalue weighted by Gasteiger charge is 2.28. The molecular weight excluding hydrogens is 328 g/mol. The van der Waals surface area contributed by atoms with E-state index in [0.717, 1.165) is 24.8 Å². The highest BCUT2D eigenvalue weighted by Crippen LogP contribution is 2.31. The number of Topliss-reactive ketones (excluding diaryl/α,β-unsaturated/α-hetero) is 1. The standard InChI is InChI=1S/C17H19ClN4O2/c1-11(23)14-6-5-13(8-15(14)18)21-17(24)22-7-3-2-4-16(22)12-9-19-20-10-12/h5-6,8-10,16H,2-4,7H2,1H3,(H,19,20)(H,21,24). The minimum absolute atomic E-state index is 0.0180. The van der Waals surface area contributed by atoms with Gasteiger partial charge in [-0.3, -0.25) is 9.89 Å². The summed E-state index contributed by atoms with van der Waals surface area (Å²) in [5, 5.41) is 9.99. The summed E-state index contributed by atoms with van der Waals surface area (Å²) < 4.78 is 0. The number of rotatable bonds is 3. The zero-order valence-electron chi connectivity index (χ0n) is 13.4. The summed E-state index contributed by atoms with van der Waals surface area (Å²) in [6, 6.07) is 4.77. The molecule has 0 radical (unpaired) electrons. The zero-order valence-corrected chi connectivity index (χ0v) is 14.1. The van der Waals surface area contributed by atoms with E-state index in [1.807, 2.05) is 11.1 Å². The topological polar surface area (TPSA) is 78.1 Å². The number of halogens is 1. The predicted octanol–water partition coefficient (Wildman–Crippen LogP) is 4.02. The van der Waals surface area contributed by atoms with Gasteiger partial charge in [0.25, 0.3) is 0 Å². The number of urea groups is 1. The second kappa shape index (κ2) is 7.05. The molecule has 1 unspecified atom stereocenters. The summed E-state index contributed by atoms with van der Waals surface area (Å²) >= 11 is 6.11. The lowest BCUT2D eigenvalue weighted by atomic mass is 9.98. The molecule has 24 heavy (non-hydrogen) atoms. The molecule has 2 amide bonds. The molecule has 6 nitrogen and oxygen atoms in total. The van der Waals surface area contributed by atoms with Gasteiger partial charge in [0.1, 0.15) is 0 Å². The number of hydrogen-bond donors (Lipinski definition) is 2. The molecule has 1 aromatic carbocycles. The fourth-order valence-corrected chi connectivity index (χ4v) is 3.35. The summed E-state index contributed by atoms with van der Waals surface area (Å²) in [5.41, 5.74) is 2.03. The van der Waals surface area contributed by atoms with Gasteiger partial charge in [-0.2, -0.15) is 5.10 Å². The molecule has 0 saturated carbocycles. The largest absolute Gasteiger partial charge is 0.322 e. The van der Waals surface area contributed by atoms with E-state index in [1.54, 1.807) is 24.4 Å². The monoisotopic (exact) mass is 346 g/mol. The van der Waals surface area contributed by atoms with Gasteiger partial charge in [0.15, 0.2) is 5.78 Å². The molecule has 1 aromatic heterocycles. The van der Waals surface area contributed by atoms with Crippen LogP contribution < -0.4 is 5.32 Å². The third-order valence-corrected chi connectivity index (χ3v) is 4.58. The number of aromatic nitrogens is 2. The van der Waals surface area contributed by atoms with Gasteiger partial charge in [-0.05, 0) is 44.4 Å². The van der Waals surface area contributed by atoms with Crippen LogP contribution in [-0.2, 0) is 0 Å². The number of ketones is 1. The van der Waals surface area contributed by atoms with Gasteiger partial charge in [0, 0.05) is 29.6 Å². The minimum atomic E-state index is -0.174. The number of carbonyl (C=O) groups excluding carboxylic acids is 2. The van der Waals surface area contributed by atoms with Crippen molar-refractivity contribution in [1.82, 2.24) is 15.1 Å². The molecule has 2 N–H and O–H groups in total. The summed E-state index contributed by atoms with van der Waals surface area (Å²) in [7, 11) is 0. The lowest BCUT2D eigenvalue weighted by molar-refractivity contribution is 0.101. The Morgan fingerprint density at radius 3 is 2.88 bits per heavy atom. The van der Waals surface area contributed by atoms with E-state index < -0.39 is 0 Å². The number of nitrogens with one attached hydrogen (secondary N) is 2. The number of hydrogen-bond acceptors (Lipinski definition) is 3. The summed E-state index contributed by atoms with van der Waals surface area (Å²) in [5.74, 6) is -0.103. The highest BCUT2D eigenvalue weighted by molar-refractivity contribution is 6.34. The Bertz CT molecular complexity index is 745. The molecule has 126 valence electrons. The molecule has 0 spiro atoms. The van der Waals surface area contributed by atoms with Crippen LogP contribution in [0.2, 0.25) is 5.02 Å². The fourth-order valence-electron chi connectivity index (χ4n) is 3.04. The Morgan fingerprint density at radius 2 is 2.21 bits per heavy atom. The maximum atomic E-state index is 12.7.